The van der Waals surface area contributed by atoms with Crippen molar-refractivity contribution >= 4 is 27.0 Å². The van der Waals surface area contributed by atoms with E-state index in [2.05, 4.69) is 5.32 Å². The molecule has 0 amide bonds. The van der Waals surface area contributed by atoms with Crippen LogP contribution in [0.2, 0.25) is 0 Å². The quantitative estimate of drug-likeness (QED) is 0.890. The molecule has 0 aliphatic heterocycles. The Morgan fingerprint density at radius 2 is 2.00 bits per heavy atom. The Hall–Kier alpha value is -1.37. The van der Waals surface area contributed by atoms with Crippen LogP contribution in [-0.4, -0.2) is 21.5 Å². The van der Waals surface area contributed by atoms with Crippen molar-refractivity contribution in [2.45, 2.75) is 29.6 Å². The standard InChI is InChI=1S/C15H18N2O2S2/c1-17(14-5-3-2-4-6-14)21(18,19)15-9-12(11-20-15)10-16-13-7-8-13/h2-6,9,11,13,16H,7-8,10H2,1H3. The number of benzene rings is 1. The molecule has 1 saturated carbocycles. The zero-order valence-electron chi connectivity index (χ0n) is 11.8. The van der Waals surface area contributed by atoms with E-state index in [1.54, 1.807) is 25.2 Å². The number of hydrogen-bond donors (Lipinski definition) is 1. The smallest absolute Gasteiger partial charge is 0.273 e. The van der Waals surface area contributed by atoms with Gasteiger partial charge < -0.3 is 5.32 Å². The van der Waals surface area contributed by atoms with Crippen molar-refractivity contribution in [1.29, 1.82) is 0 Å². The first-order valence-electron chi connectivity index (χ1n) is 6.92. The fraction of sp³-hybridized carbons (Fsp3) is 0.333. The molecule has 1 N–H and O–H groups in total. The van der Waals surface area contributed by atoms with Crippen LogP contribution in [-0.2, 0) is 16.6 Å². The molecule has 1 aliphatic carbocycles. The van der Waals surface area contributed by atoms with Gasteiger partial charge in [0.15, 0.2) is 0 Å². The monoisotopic (exact) mass is 322 g/mol. The third-order valence-corrected chi connectivity index (χ3v) is 6.79. The highest BCUT2D eigenvalue weighted by atomic mass is 32.2. The highest BCUT2D eigenvalue weighted by Gasteiger charge is 2.24. The van der Waals surface area contributed by atoms with Crippen molar-refractivity contribution in [3.05, 3.63) is 47.3 Å². The van der Waals surface area contributed by atoms with Gasteiger partial charge in [0.25, 0.3) is 10.0 Å². The fourth-order valence-corrected chi connectivity index (χ4v) is 4.62. The summed E-state index contributed by atoms with van der Waals surface area (Å²) < 4.78 is 26.9. The molecule has 0 bridgehead atoms. The van der Waals surface area contributed by atoms with Gasteiger partial charge in [0, 0.05) is 19.6 Å². The van der Waals surface area contributed by atoms with Gasteiger partial charge in [-0.25, -0.2) is 8.42 Å². The molecule has 0 spiro atoms. The highest BCUT2D eigenvalue weighted by Crippen LogP contribution is 2.27. The van der Waals surface area contributed by atoms with Crippen LogP contribution in [0.1, 0.15) is 18.4 Å². The van der Waals surface area contributed by atoms with E-state index >= 15 is 0 Å². The molecule has 21 heavy (non-hydrogen) atoms. The number of anilines is 1. The van der Waals surface area contributed by atoms with Crippen LogP contribution in [0.15, 0.2) is 46.0 Å². The minimum absolute atomic E-state index is 0.390. The molecule has 0 unspecified atom stereocenters. The molecule has 112 valence electrons. The number of para-hydroxylation sites is 1. The first kappa shape index (κ1) is 14.6. The van der Waals surface area contributed by atoms with Crippen molar-refractivity contribution in [2.75, 3.05) is 11.4 Å². The van der Waals surface area contributed by atoms with Gasteiger partial charge in [-0.1, -0.05) is 18.2 Å². The summed E-state index contributed by atoms with van der Waals surface area (Å²) in [4.78, 5) is 0. The van der Waals surface area contributed by atoms with Gasteiger partial charge >= 0.3 is 0 Å². The Morgan fingerprint density at radius 1 is 1.29 bits per heavy atom. The van der Waals surface area contributed by atoms with Crippen LogP contribution >= 0.6 is 11.3 Å². The van der Waals surface area contributed by atoms with Crippen molar-refractivity contribution in [3.63, 3.8) is 0 Å². The lowest BCUT2D eigenvalue weighted by Crippen LogP contribution is -2.25. The van der Waals surface area contributed by atoms with Crippen LogP contribution in [0.3, 0.4) is 0 Å². The van der Waals surface area contributed by atoms with Crippen LogP contribution < -0.4 is 9.62 Å². The van der Waals surface area contributed by atoms with E-state index in [4.69, 9.17) is 0 Å². The van der Waals surface area contributed by atoms with Gasteiger partial charge in [0.2, 0.25) is 0 Å². The molecule has 6 heteroatoms. The van der Waals surface area contributed by atoms with Crippen LogP contribution in [0.25, 0.3) is 0 Å². The van der Waals surface area contributed by atoms with Crippen molar-refractivity contribution in [2.24, 2.45) is 0 Å². The Bertz CT molecular complexity index is 706. The second-order valence-electron chi connectivity index (χ2n) is 5.24. The van der Waals surface area contributed by atoms with Gasteiger partial charge in [0.1, 0.15) is 4.21 Å². The average Bonchev–Trinajstić information content (AvgIpc) is 3.21. The summed E-state index contributed by atoms with van der Waals surface area (Å²) in [6, 6.07) is 11.5. The van der Waals surface area contributed by atoms with Gasteiger partial charge in [0.05, 0.1) is 5.69 Å². The topological polar surface area (TPSA) is 49.4 Å². The third-order valence-electron chi connectivity index (χ3n) is 3.54. The van der Waals surface area contributed by atoms with Crippen LogP contribution in [0.5, 0.6) is 0 Å². The molecular formula is C15H18N2O2S2. The average molecular weight is 322 g/mol. The minimum Gasteiger partial charge on any atom is -0.310 e. The predicted molar refractivity (Wildman–Crippen MR) is 86.2 cm³/mol. The number of nitrogens with one attached hydrogen (secondary N) is 1. The summed E-state index contributed by atoms with van der Waals surface area (Å²) in [5, 5.41) is 5.31. The first-order chi connectivity index (χ1) is 10.1. The van der Waals surface area contributed by atoms with Crippen molar-refractivity contribution in [1.82, 2.24) is 5.32 Å². The van der Waals surface area contributed by atoms with Crippen LogP contribution in [0, 0.1) is 0 Å². The Labute approximate surface area is 129 Å². The maximum absolute atomic E-state index is 12.6. The minimum atomic E-state index is -3.47. The summed E-state index contributed by atoms with van der Waals surface area (Å²) in [6.45, 7) is 0.742. The van der Waals surface area contributed by atoms with E-state index in [9.17, 15) is 8.42 Å². The highest BCUT2D eigenvalue weighted by molar-refractivity contribution is 7.94. The second kappa shape index (κ2) is 5.79. The Morgan fingerprint density at radius 3 is 2.67 bits per heavy atom. The van der Waals surface area contributed by atoms with Crippen molar-refractivity contribution in [3.8, 4) is 0 Å². The lowest BCUT2D eigenvalue weighted by atomic mass is 10.3. The van der Waals surface area contributed by atoms with Crippen LogP contribution in [0.4, 0.5) is 5.69 Å². The maximum Gasteiger partial charge on any atom is 0.273 e. The molecule has 1 aliphatic rings. The fourth-order valence-electron chi connectivity index (χ4n) is 2.04. The van der Waals surface area contributed by atoms with E-state index in [0.717, 1.165) is 12.1 Å². The number of sulfonamides is 1. The summed E-state index contributed by atoms with van der Waals surface area (Å²) in [6.07, 6.45) is 2.46. The third kappa shape index (κ3) is 3.28. The zero-order chi connectivity index (χ0) is 14.9. The molecule has 0 atom stereocenters. The summed E-state index contributed by atoms with van der Waals surface area (Å²) in [7, 11) is -1.88. The molecule has 0 saturated heterocycles. The number of thiophene rings is 1. The van der Waals surface area contributed by atoms with Gasteiger partial charge in [-0.15, -0.1) is 11.3 Å². The largest absolute Gasteiger partial charge is 0.310 e. The summed E-state index contributed by atoms with van der Waals surface area (Å²) >= 11 is 1.28. The summed E-state index contributed by atoms with van der Waals surface area (Å²) in [5.74, 6) is 0. The second-order valence-corrected chi connectivity index (χ2v) is 8.34. The number of rotatable bonds is 6. The number of nitrogens with zero attached hydrogens (tertiary/aromatic N) is 1. The molecule has 1 fully saturated rings. The van der Waals surface area contributed by atoms with E-state index in [1.807, 2.05) is 23.6 Å². The zero-order valence-corrected chi connectivity index (χ0v) is 13.5. The van der Waals surface area contributed by atoms with E-state index in [0.29, 0.717) is 15.9 Å². The van der Waals surface area contributed by atoms with Gasteiger partial charge in [-0.3, -0.25) is 4.31 Å². The lowest BCUT2D eigenvalue weighted by molar-refractivity contribution is 0.596. The molecule has 4 nitrogen and oxygen atoms in total. The molecule has 1 heterocycles. The molecule has 1 aromatic carbocycles. The molecular weight excluding hydrogens is 304 g/mol. The predicted octanol–water partition coefficient (Wildman–Crippen LogP) is 2.83. The Kier molecular flexibility index (Phi) is 4.01. The SMILES string of the molecule is CN(c1ccccc1)S(=O)(=O)c1cc(CNC2CC2)cs1. The number of hydrogen-bond acceptors (Lipinski definition) is 4. The van der Waals surface area contributed by atoms with Gasteiger partial charge in [-0.2, -0.15) is 0 Å². The Balaban J connectivity index is 1.77. The maximum atomic E-state index is 12.6. The molecule has 1 aromatic heterocycles. The molecule has 0 radical (unpaired) electrons. The van der Waals surface area contributed by atoms with E-state index < -0.39 is 10.0 Å². The van der Waals surface area contributed by atoms with Gasteiger partial charge in [-0.05, 0) is 42.0 Å². The lowest BCUT2D eigenvalue weighted by Gasteiger charge is -2.18. The van der Waals surface area contributed by atoms with E-state index in [-0.39, 0.29) is 0 Å². The molecule has 2 aromatic rings. The summed E-state index contributed by atoms with van der Waals surface area (Å²) in [5.41, 5.74) is 1.70. The normalized spacial score (nSPS) is 15.1. The van der Waals surface area contributed by atoms with E-state index in [1.165, 1.54) is 28.5 Å². The van der Waals surface area contributed by atoms with Crippen molar-refractivity contribution < 1.29 is 8.42 Å². The molecule has 3 rings (SSSR count). The first-order valence-corrected chi connectivity index (χ1v) is 9.24.